The maximum Gasteiger partial charge on any atom is 0.293 e. The average molecular weight is 307 g/mol. The molecule has 1 N–H and O–H groups in total. The standard InChI is InChI=1S/C15H17NO4S/c1-4-20-11-5-6-12(17)10(7-11)8-13-14(18)16(9(2)3)15(19)21-13/h5-9,17H,4H2,1-3H3/b13-8+. The van der Waals surface area contributed by atoms with E-state index in [1.807, 2.05) is 6.92 Å². The van der Waals surface area contributed by atoms with Gasteiger partial charge in [0.2, 0.25) is 0 Å². The van der Waals surface area contributed by atoms with E-state index < -0.39 is 0 Å². The Morgan fingerprint density at radius 3 is 2.67 bits per heavy atom. The highest BCUT2D eigenvalue weighted by molar-refractivity contribution is 8.18. The molecular formula is C15H17NO4S. The molecule has 0 unspecified atom stereocenters. The van der Waals surface area contributed by atoms with Gasteiger partial charge >= 0.3 is 0 Å². The molecule has 112 valence electrons. The fourth-order valence-corrected chi connectivity index (χ4v) is 2.92. The number of ether oxygens (including phenoxy) is 1. The first-order valence-electron chi connectivity index (χ1n) is 6.67. The number of phenolic OH excluding ortho intramolecular Hbond substituents is 1. The molecule has 1 aromatic rings. The Labute approximate surface area is 127 Å². The number of amides is 2. The van der Waals surface area contributed by atoms with E-state index in [2.05, 4.69) is 0 Å². The lowest BCUT2D eigenvalue weighted by Crippen LogP contribution is -2.34. The van der Waals surface area contributed by atoms with Crippen molar-refractivity contribution in [1.29, 1.82) is 0 Å². The molecule has 2 amide bonds. The minimum Gasteiger partial charge on any atom is -0.507 e. The summed E-state index contributed by atoms with van der Waals surface area (Å²) in [5.74, 6) is 0.306. The van der Waals surface area contributed by atoms with Crippen LogP contribution in [0, 0.1) is 0 Å². The number of phenols is 1. The topological polar surface area (TPSA) is 66.8 Å². The van der Waals surface area contributed by atoms with Gasteiger partial charge in [0, 0.05) is 11.6 Å². The molecular weight excluding hydrogens is 290 g/mol. The first-order valence-corrected chi connectivity index (χ1v) is 7.48. The smallest absolute Gasteiger partial charge is 0.293 e. The zero-order valence-electron chi connectivity index (χ0n) is 12.1. The van der Waals surface area contributed by atoms with Gasteiger partial charge in [0.15, 0.2) is 0 Å². The Morgan fingerprint density at radius 2 is 2.10 bits per heavy atom. The summed E-state index contributed by atoms with van der Waals surface area (Å²) in [6.45, 7) is 5.94. The molecule has 0 bridgehead atoms. The average Bonchev–Trinajstić information content (AvgIpc) is 2.68. The largest absolute Gasteiger partial charge is 0.507 e. The molecule has 1 heterocycles. The van der Waals surface area contributed by atoms with Gasteiger partial charge < -0.3 is 9.84 Å². The van der Waals surface area contributed by atoms with E-state index in [1.54, 1.807) is 26.0 Å². The van der Waals surface area contributed by atoms with Crippen molar-refractivity contribution < 1.29 is 19.4 Å². The van der Waals surface area contributed by atoms with Crippen LogP contribution in [0.1, 0.15) is 26.3 Å². The van der Waals surface area contributed by atoms with E-state index in [0.717, 1.165) is 11.8 Å². The van der Waals surface area contributed by atoms with Crippen molar-refractivity contribution in [1.82, 2.24) is 4.90 Å². The van der Waals surface area contributed by atoms with Crippen LogP contribution < -0.4 is 4.74 Å². The maximum absolute atomic E-state index is 12.2. The summed E-state index contributed by atoms with van der Waals surface area (Å²) in [6, 6.07) is 4.61. The normalized spacial score (nSPS) is 17.1. The Balaban J connectivity index is 2.34. The van der Waals surface area contributed by atoms with E-state index in [9.17, 15) is 14.7 Å². The second-order valence-electron chi connectivity index (χ2n) is 4.80. The molecule has 6 heteroatoms. The van der Waals surface area contributed by atoms with Crippen LogP contribution in [0.3, 0.4) is 0 Å². The fraction of sp³-hybridized carbons (Fsp3) is 0.333. The molecule has 5 nitrogen and oxygen atoms in total. The van der Waals surface area contributed by atoms with Crippen molar-refractivity contribution in [2.75, 3.05) is 6.61 Å². The predicted octanol–water partition coefficient (Wildman–Crippen LogP) is 3.24. The highest BCUT2D eigenvalue weighted by Gasteiger charge is 2.36. The third kappa shape index (κ3) is 3.21. The molecule has 0 aromatic heterocycles. The molecule has 1 aliphatic heterocycles. The van der Waals surface area contributed by atoms with Crippen LogP contribution in [0.15, 0.2) is 23.1 Å². The number of hydrogen-bond donors (Lipinski definition) is 1. The monoisotopic (exact) mass is 307 g/mol. The number of carbonyl (C=O) groups excluding carboxylic acids is 2. The van der Waals surface area contributed by atoms with Crippen LogP contribution in [0.25, 0.3) is 6.08 Å². The van der Waals surface area contributed by atoms with Gasteiger partial charge in [-0.15, -0.1) is 0 Å². The van der Waals surface area contributed by atoms with Crippen LogP contribution >= 0.6 is 11.8 Å². The molecule has 0 spiro atoms. The summed E-state index contributed by atoms with van der Waals surface area (Å²) < 4.78 is 5.36. The van der Waals surface area contributed by atoms with Gasteiger partial charge in [-0.25, -0.2) is 0 Å². The molecule has 1 aliphatic rings. The lowest BCUT2D eigenvalue weighted by Gasteiger charge is -2.16. The van der Waals surface area contributed by atoms with Gasteiger partial charge in [-0.05, 0) is 56.8 Å². The van der Waals surface area contributed by atoms with E-state index >= 15 is 0 Å². The summed E-state index contributed by atoms with van der Waals surface area (Å²) in [4.78, 5) is 25.5. The van der Waals surface area contributed by atoms with Gasteiger partial charge in [0.05, 0.1) is 11.5 Å². The molecule has 0 radical (unpaired) electrons. The Morgan fingerprint density at radius 1 is 1.38 bits per heavy atom. The number of thioether (sulfide) groups is 1. The Bertz CT molecular complexity index is 610. The lowest BCUT2D eigenvalue weighted by molar-refractivity contribution is -0.123. The van der Waals surface area contributed by atoms with Crippen molar-refractivity contribution in [2.24, 2.45) is 0 Å². The molecule has 0 atom stereocenters. The van der Waals surface area contributed by atoms with Crippen molar-refractivity contribution in [3.8, 4) is 11.5 Å². The van der Waals surface area contributed by atoms with Crippen molar-refractivity contribution in [2.45, 2.75) is 26.8 Å². The number of benzene rings is 1. The lowest BCUT2D eigenvalue weighted by atomic mass is 10.1. The van der Waals surface area contributed by atoms with Crippen LogP contribution in [0.5, 0.6) is 11.5 Å². The fourth-order valence-electron chi connectivity index (χ4n) is 1.97. The van der Waals surface area contributed by atoms with E-state index in [-0.39, 0.29) is 22.9 Å². The number of imide groups is 1. The Hall–Kier alpha value is -1.95. The van der Waals surface area contributed by atoms with E-state index in [1.165, 1.54) is 17.0 Å². The summed E-state index contributed by atoms with van der Waals surface area (Å²) in [5.41, 5.74) is 0.454. The van der Waals surface area contributed by atoms with Crippen molar-refractivity contribution in [3.63, 3.8) is 0 Å². The first kappa shape index (κ1) is 15.4. The van der Waals surface area contributed by atoms with Gasteiger partial charge in [-0.1, -0.05) is 0 Å². The quantitative estimate of drug-likeness (QED) is 0.865. The molecule has 1 aromatic carbocycles. The summed E-state index contributed by atoms with van der Waals surface area (Å²) in [5, 5.41) is 9.58. The molecule has 21 heavy (non-hydrogen) atoms. The Kier molecular flexibility index (Phi) is 4.57. The van der Waals surface area contributed by atoms with Gasteiger partial charge in [0.25, 0.3) is 11.1 Å². The number of hydrogen-bond acceptors (Lipinski definition) is 5. The third-order valence-electron chi connectivity index (χ3n) is 2.94. The number of nitrogens with zero attached hydrogens (tertiary/aromatic N) is 1. The summed E-state index contributed by atoms with van der Waals surface area (Å²) in [7, 11) is 0. The number of aromatic hydroxyl groups is 1. The van der Waals surface area contributed by atoms with E-state index in [0.29, 0.717) is 22.8 Å². The first-order chi connectivity index (χ1) is 9.93. The van der Waals surface area contributed by atoms with Crippen LogP contribution in [-0.4, -0.2) is 33.8 Å². The predicted molar refractivity (Wildman–Crippen MR) is 82.2 cm³/mol. The van der Waals surface area contributed by atoms with Crippen LogP contribution in [-0.2, 0) is 4.79 Å². The highest BCUT2D eigenvalue weighted by Crippen LogP contribution is 2.35. The van der Waals surface area contributed by atoms with Crippen molar-refractivity contribution in [3.05, 3.63) is 28.7 Å². The molecule has 2 rings (SSSR count). The van der Waals surface area contributed by atoms with Gasteiger partial charge in [-0.3, -0.25) is 14.5 Å². The van der Waals surface area contributed by atoms with Gasteiger partial charge in [-0.2, -0.15) is 0 Å². The number of rotatable bonds is 4. The van der Waals surface area contributed by atoms with E-state index in [4.69, 9.17) is 4.74 Å². The van der Waals surface area contributed by atoms with Crippen LogP contribution in [0.2, 0.25) is 0 Å². The summed E-state index contributed by atoms with van der Waals surface area (Å²) >= 11 is 0.879. The minimum absolute atomic E-state index is 0.0369. The molecule has 0 aliphatic carbocycles. The highest BCUT2D eigenvalue weighted by atomic mass is 32.2. The molecule has 1 saturated heterocycles. The molecule has 0 saturated carbocycles. The second kappa shape index (κ2) is 6.22. The SMILES string of the molecule is CCOc1ccc(O)c(/C=C2/SC(=O)N(C(C)C)C2=O)c1. The third-order valence-corrected chi connectivity index (χ3v) is 3.82. The second-order valence-corrected chi connectivity index (χ2v) is 5.79. The molecule has 1 fully saturated rings. The number of carbonyl (C=O) groups is 2. The van der Waals surface area contributed by atoms with Crippen molar-refractivity contribution >= 4 is 29.0 Å². The minimum atomic E-state index is -0.332. The zero-order chi connectivity index (χ0) is 15.6. The summed E-state index contributed by atoms with van der Waals surface area (Å²) in [6.07, 6.45) is 1.52. The maximum atomic E-state index is 12.2. The van der Waals surface area contributed by atoms with Crippen LogP contribution in [0.4, 0.5) is 4.79 Å². The zero-order valence-corrected chi connectivity index (χ0v) is 12.9. The van der Waals surface area contributed by atoms with Gasteiger partial charge in [0.1, 0.15) is 11.5 Å².